The van der Waals surface area contributed by atoms with E-state index >= 15 is 0 Å². The fourth-order valence-corrected chi connectivity index (χ4v) is 4.64. The number of carbonyl (C=O) groups excluding carboxylic acids is 2. The maximum Gasteiger partial charge on any atom is 0.254 e. The molecule has 2 aliphatic rings. The van der Waals surface area contributed by atoms with Crippen LogP contribution in [-0.4, -0.2) is 46.3 Å². The van der Waals surface area contributed by atoms with Crippen LogP contribution in [0.5, 0.6) is 0 Å². The monoisotopic (exact) mass is 468 g/mol. The van der Waals surface area contributed by atoms with Gasteiger partial charge < -0.3 is 9.88 Å². The van der Waals surface area contributed by atoms with Gasteiger partial charge in [0.1, 0.15) is 11.5 Å². The molecular weight excluding hydrogens is 447 g/mol. The molecule has 1 aromatic carbocycles. The Hall–Kier alpha value is -2.83. The van der Waals surface area contributed by atoms with Crippen LogP contribution in [0.1, 0.15) is 35.7 Å². The second-order valence-electron chi connectivity index (χ2n) is 8.41. The fourth-order valence-electron chi connectivity index (χ4n) is 4.34. The number of benzene rings is 1. The molecule has 1 unspecified atom stereocenters. The quantitative estimate of drug-likeness (QED) is 0.525. The number of carbonyl (C=O) groups is 2. The molecule has 1 fully saturated rings. The minimum absolute atomic E-state index is 0.0752. The molecule has 5 rings (SSSR count). The summed E-state index contributed by atoms with van der Waals surface area (Å²) in [6, 6.07) is 9.20. The van der Waals surface area contributed by atoms with Crippen molar-refractivity contribution in [3.63, 3.8) is 0 Å². The largest absolute Gasteiger partial charge is 0.346 e. The van der Waals surface area contributed by atoms with E-state index in [4.69, 9.17) is 23.2 Å². The fraction of sp³-hybridized carbons (Fsp3) is 0.292. The molecule has 32 heavy (non-hydrogen) atoms. The standard InChI is InChI=1S/C24H22Cl2N4O2/c1-14-12-29(24(32)15-2-5-20(25)21(26)10-15)9-7-17(14)19-11-22(30(13-31)16-3-4-16)28-23-18(19)6-8-27-23/h2,5-8,10-11,13-14,16H,3-4,9,12H2,1H3,(H,27,28). The zero-order chi connectivity index (χ0) is 22.4. The molecule has 164 valence electrons. The second-order valence-corrected chi connectivity index (χ2v) is 9.23. The number of aromatic amines is 1. The van der Waals surface area contributed by atoms with Gasteiger partial charge in [-0.3, -0.25) is 14.5 Å². The molecule has 1 aliphatic heterocycles. The maximum absolute atomic E-state index is 13.0. The number of hydrogen-bond donors (Lipinski definition) is 1. The molecule has 0 radical (unpaired) electrons. The Labute approximate surface area is 195 Å². The van der Waals surface area contributed by atoms with Gasteiger partial charge in [0.25, 0.3) is 5.91 Å². The summed E-state index contributed by atoms with van der Waals surface area (Å²) in [7, 11) is 0. The van der Waals surface area contributed by atoms with Gasteiger partial charge in [0.2, 0.25) is 6.41 Å². The number of H-pyrrole nitrogens is 1. The van der Waals surface area contributed by atoms with Crippen LogP contribution in [0, 0.1) is 5.92 Å². The first-order valence-corrected chi connectivity index (χ1v) is 11.4. The molecule has 1 saturated carbocycles. The second kappa shape index (κ2) is 8.26. The maximum atomic E-state index is 13.0. The first-order valence-electron chi connectivity index (χ1n) is 10.6. The van der Waals surface area contributed by atoms with Gasteiger partial charge in [-0.25, -0.2) is 4.98 Å². The Morgan fingerprint density at radius 2 is 2.03 bits per heavy atom. The van der Waals surface area contributed by atoms with Crippen molar-refractivity contribution in [3.8, 4) is 0 Å². The van der Waals surface area contributed by atoms with E-state index in [0.29, 0.717) is 34.5 Å². The molecule has 8 heteroatoms. The summed E-state index contributed by atoms with van der Waals surface area (Å²) in [5.74, 6) is 0.693. The highest BCUT2D eigenvalue weighted by Crippen LogP contribution is 2.37. The van der Waals surface area contributed by atoms with Crippen LogP contribution in [0.15, 0.2) is 42.6 Å². The molecule has 0 saturated heterocycles. The zero-order valence-electron chi connectivity index (χ0n) is 17.5. The van der Waals surface area contributed by atoms with Crippen molar-refractivity contribution in [2.75, 3.05) is 18.0 Å². The number of pyridine rings is 1. The minimum Gasteiger partial charge on any atom is -0.346 e. The summed E-state index contributed by atoms with van der Waals surface area (Å²) in [5, 5.41) is 1.81. The number of aromatic nitrogens is 2. The summed E-state index contributed by atoms with van der Waals surface area (Å²) in [4.78, 5) is 36.1. The molecule has 0 bridgehead atoms. The van der Waals surface area contributed by atoms with Crippen molar-refractivity contribution in [2.45, 2.75) is 25.8 Å². The normalized spacial score (nSPS) is 18.5. The number of nitrogens with one attached hydrogen (secondary N) is 1. The summed E-state index contributed by atoms with van der Waals surface area (Å²) in [6.07, 6.45) is 6.83. The Morgan fingerprint density at radius 3 is 2.72 bits per heavy atom. The Balaban J connectivity index is 1.47. The highest BCUT2D eigenvalue weighted by atomic mass is 35.5. The van der Waals surface area contributed by atoms with E-state index in [1.165, 1.54) is 0 Å². The Kier molecular flexibility index (Phi) is 5.43. The lowest BCUT2D eigenvalue weighted by atomic mass is 9.89. The van der Waals surface area contributed by atoms with Gasteiger partial charge in [-0.15, -0.1) is 0 Å². The van der Waals surface area contributed by atoms with Crippen LogP contribution in [0.3, 0.4) is 0 Å². The summed E-state index contributed by atoms with van der Waals surface area (Å²) in [6.45, 7) is 3.17. The van der Waals surface area contributed by atoms with E-state index in [-0.39, 0.29) is 17.9 Å². The van der Waals surface area contributed by atoms with Crippen LogP contribution in [0.25, 0.3) is 16.6 Å². The highest BCUT2D eigenvalue weighted by Gasteiger charge is 2.31. The molecule has 6 nitrogen and oxygen atoms in total. The van der Waals surface area contributed by atoms with Gasteiger partial charge in [-0.2, -0.15) is 0 Å². The van der Waals surface area contributed by atoms with Crippen molar-refractivity contribution in [2.24, 2.45) is 5.92 Å². The number of amides is 2. The first-order chi connectivity index (χ1) is 15.5. The molecule has 2 aromatic heterocycles. The van der Waals surface area contributed by atoms with Crippen LogP contribution in [0.4, 0.5) is 5.82 Å². The lowest BCUT2D eigenvalue weighted by Crippen LogP contribution is -2.38. The summed E-state index contributed by atoms with van der Waals surface area (Å²) >= 11 is 12.1. The smallest absolute Gasteiger partial charge is 0.254 e. The Bertz CT molecular complexity index is 1250. The molecule has 2 amide bonds. The Morgan fingerprint density at radius 1 is 1.22 bits per heavy atom. The summed E-state index contributed by atoms with van der Waals surface area (Å²) in [5.41, 5.74) is 3.48. The predicted octanol–water partition coefficient (Wildman–Crippen LogP) is 5.17. The van der Waals surface area contributed by atoms with Crippen molar-refractivity contribution in [3.05, 3.63) is 63.8 Å². The average molecular weight is 469 g/mol. The van der Waals surface area contributed by atoms with Gasteiger partial charge in [-0.1, -0.05) is 36.2 Å². The minimum atomic E-state index is -0.0752. The van der Waals surface area contributed by atoms with Gasteiger partial charge in [0, 0.05) is 36.3 Å². The van der Waals surface area contributed by atoms with Gasteiger partial charge >= 0.3 is 0 Å². The van der Waals surface area contributed by atoms with Crippen LogP contribution in [-0.2, 0) is 4.79 Å². The van der Waals surface area contributed by atoms with E-state index in [0.717, 1.165) is 41.4 Å². The topological polar surface area (TPSA) is 69.3 Å². The number of fused-ring (bicyclic) bond motifs is 1. The SMILES string of the molecule is CC1CN(C(=O)c2ccc(Cl)c(Cl)c2)CC=C1c1cc(N(C=O)C2CC2)nc2[nH]ccc12. The number of halogens is 2. The van der Waals surface area contributed by atoms with Gasteiger partial charge in [-0.05, 0) is 60.2 Å². The van der Waals surface area contributed by atoms with E-state index in [1.807, 2.05) is 23.2 Å². The predicted molar refractivity (Wildman–Crippen MR) is 127 cm³/mol. The average Bonchev–Trinajstić information content (AvgIpc) is 3.50. The van der Waals surface area contributed by atoms with E-state index in [1.54, 1.807) is 23.1 Å². The van der Waals surface area contributed by atoms with Crippen molar-refractivity contribution >= 4 is 57.9 Å². The number of nitrogens with zero attached hydrogens (tertiary/aromatic N) is 3. The highest BCUT2D eigenvalue weighted by molar-refractivity contribution is 6.42. The third kappa shape index (κ3) is 3.78. The van der Waals surface area contributed by atoms with Crippen LogP contribution in [0.2, 0.25) is 10.0 Å². The molecule has 3 aromatic rings. The molecule has 0 spiro atoms. The van der Waals surface area contributed by atoms with E-state index in [2.05, 4.69) is 23.0 Å². The molecule has 1 atom stereocenters. The molecular formula is C24H22Cl2N4O2. The van der Waals surface area contributed by atoms with Crippen LogP contribution >= 0.6 is 23.2 Å². The van der Waals surface area contributed by atoms with Crippen molar-refractivity contribution in [1.82, 2.24) is 14.9 Å². The molecule has 1 aliphatic carbocycles. The zero-order valence-corrected chi connectivity index (χ0v) is 19.0. The number of hydrogen-bond acceptors (Lipinski definition) is 3. The lowest BCUT2D eigenvalue weighted by molar-refractivity contribution is -0.107. The first kappa shape index (κ1) is 21.0. The summed E-state index contributed by atoms with van der Waals surface area (Å²) < 4.78 is 0. The lowest BCUT2D eigenvalue weighted by Gasteiger charge is -2.32. The van der Waals surface area contributed by atoms with Gasteiger partial charge in [0.05, 0.1) is 10.0 Å². The third-order valence-electron chi connectivity index (χ3n) is 6.16. The molecule has 1 N–H and O–H groups in total. The van der Waals surface area contributed by atoms with Gasteiger partial charge in [0.15, 0.2) is 0 Å². The van der Waals surface area contributed by atoms with Crippen molar-refractivity contribution in [1.29, 1.82) is 0 Å². The number of rotatable bonds is 5. The van der Waals surface area contributed by atoms with Crippen molar-refractivity contribution < 1.29 is 9.59 Å². The third-order valence-corrected chi connectivity index (χ3v) is 6.89. The number of anilines is 1. The molecule has 3 heterocycles. The van der Waals surface area contributed by atoms with E-state index < -0.39 is 0 Å². The van der Waals surface area contributed by atoms with Crippen LogP contribution < -0.4 is 4.90 Å². The van der Waals surface area contributed by atoms with E-state index in [9.17, 15) is 9.59 Å².